The smallest absolute Gasteiger partial charge is 0.410 e. The zero-order valence-corrected chi connectivity index (χ0v) is 21.2. The Morgan fingerprint density at radius 1 is 1.26 bits per heavy atom. The van der Waals surface area contributed by atoms with Gasteiger partial charge in [0.1, 0.15) is 28.6 Å². The highest BCUT2D eigenvalue weighted by molar-refractivity contribution is 6.30. The standard InChI is InChI=1S/C24H28ClN7O3/c1-6-10-31-14-26-29-21(31)17-8-7-9-20(28-17)32-12-16-15(22(32)33)11-19(25)27-18(16)13-30(5)23(34)35-24(2,3)4/h7-9,11,14H,6,10,12-13H2,1-5H3. The topological polar surface area (TPSA) is 106 Å². The molecule has 2 amide bonds. The van der Waals surface area contributed by atoms with Gasteiger partial charge in [0.15, 0.2) is 5.82 Å². The SMILES string of the molecule is CCCn1cnnc1-c1cccc(N2Cc3c(cc(Cl)nc3CN(C)C(=O)OC(C)(C)C)C2=O)n1. The van der Waals surface area contributed by atoms with Crippen LogP contribution in [-0.4, -0.2) is 54.3 Å². The fourth-order valence-electron chi connectivity index (χ4n) is 3.83. The highest BCUT2D eigenvalue weighted by atomic mass is 35.5. The first-order chi connectivity index (χ1) is 16.6. The molecule has 0 aliphatic carbocycles. The molecular weight excluding hydrogens is 470 g/mol. The second kappa shape index (κ2) is 9.61. The van der Waals surface area contributed by atoms with Gasteiger partial charge in [-0.3, -0.25) is 9.69 Å². The van der Waals surface area contributed by atoms with Crippen LogP contribution in [0.15, 0.2) is 30.6 Å². The Kier molecular flexibility index (Phi) is 6.75. The van der Waals surface area contributed by atoms with Gasteiger partial charge in [-0.25, -0.2) is 14.8 Å². The van der Waals surface area contributed by atoms with Crippen LogP contribution in [0, 0.1) is 0 Å². The summed E-state index contributed by atoms with van der Waals surface area (Å²) in [5.74, 6) is 0.893. The van der Waals surface area contributed by atoms with Crippen LogP contribution in [0.1, 0.15) is 55.7 Å². The number of carbonyl (C=O) groups is 2. The third kappa shape index (κ3) is 5.27. The highest BCUT2D eigenvalue weighted by Gasteiger charge is 2.33. The predicted molar refractivity (Wildman–Crippen MR) is 131 cm³/mol. The van der Waals surface area contributed by atoms with Gasteiger partial charge in [0, 0.05) is 24.7 Å². The summed E-state index contributed by atoms with van der Waals surface area (Å²) < 4.78 is 7.37. The third-order valence-corrected chi connectivity index (χ3v) is 5.58. The van der Waals surface area contributed by atoms with E-state index in [-0.39, 0.29) is 24.1 Å². The van der Waals surface area contributed by atoms with Crippen LogP contribution in [0.4, 0.5) is 10.6 Å². The Morgan fingerprint density at radius 3 is 2.74 bits per heavy atom. The van der Waals surface area contributed by atoms with Gasteiger partial charge >= 0.3 is 6.09 Å². The number of aromatic nitrogens is 5. The summed E-state index contributed by atoms with van der Waals surface area (Å²) in [7, 11) is 1.62. The highest BCUT2D eigenvalue weighted by Crippen LogP contribution is 2.32. The third-order valence-electron chi connectivity index (χ3n) is 5.38. The van der Waals surface area contributed by atoms with Gasteiger partial charge in [-0.2, -0.15) is 0 Å². The summed E-state index contributed by atoms with van der Waals surface area (Å²) in [6.07, 6.45) is 2.11. The van der Waals surface area contributed by atoms with E-state index in [0.29, 0.717) is 34.2 Å². The minimum atomic E-state index is -0.625. The molecule has 1 aliphatic rings. The number of ether oxygens (including phenoxy) is 1. The lowest BCUT2D eigenvalue weighted by atomic mass is 10.1. The van der Waals surface area contributed by atoms with Gasteiger partial charge in [-0.1, -0.05) is 24.6 Å². The van der Waals surface area contributed by atoms with Crippen LogP contribution < -0.4 is 4.90 Å². The van der Waals surface area contributed by atoms with Crippen molar-refractivity contribution in [1.82, 2.24) is 29.6 Å². The van der Waals surface area contributed by atoms with E-state index in [4.69, 9.17) is 21.3 Å². The van der Waals surface area contributed by atoms with Crippen LogP contribution >= 0.6 is 11.6 Å². The Morgan fingerprint density at radius 2 is 2.03 bits per heavy atom. The molecule has 0 aromatic carbocycles. The Balaban J connectivity index is 1.62. The maximum absolute atomic E-state index is 13.3. The van der Waals surface area contributed by atoms with Gasteiger partial charge in [-0.15, -0.1) is 10.2 Å². The minimum Gasteiger partial charge on any atom is -0.444 e. The Bertz CT molecular complexity index is 1270. The number of hydrogen-bond acceptors (Lipinski definition) is 7. The molecule has 10 nitrogen and oxygen atoms in total. The van der Waals surface area contributed by atoms with Crippen molar-refractivity contribution >= 4 is 29.4 Å². The van der Waals surface area contributed by atoms with Gasteiger partial charge in [0.2, 0.25) is 0 Å². The quantitative estimate of drug-likeness (QED) is 0.466. The average molecular weight is 498 g/mol. The molecule has 0 radical (unpaired) electrons. The molecule has 1 aliphatic heterocycles. The zero-order chi connectivity index (χ0) is 25.3. The number of rotatable bonds is 6. The van der Waals surface area contributed by atoms with Crippen molar-refractivity contribution < 1.29 is 14.3 Å². The summed E-state index contributed by atoms with van der Waals surface area (Å²) in [4.78, 5) is 37.9. The molecule has 0 spiro atoms. The van der Waals surface area contributed by atoms with Crippen molar-refractivity contribution in [1.29, 1.82) is 0 Å². The minimum absolute atomic E-state index is 0.145. The molecule has 0 N–H and O–H groups in total. The lowest BCUT2D eigenvalue weighted by Crippen LogP contribution is -2.34. The summed E-state index contributed by atoms with van der Waals surface area (Å²) in [5.41, 5.74) is 1.68. The number of fused-ring (bicyclic) bond motifs is 1. The fraction of sp³-hybridized carbons (Fsp3) is 0.417. The van der Waals surface area contributed by atoms with Crippen LogP contribution in [0.2, 0.25) is 5.15 Å². The average Bonchev–Trinajstić information content (AvgIpc) is 3.38. The van der Waals surface area contributed by atoms with Gasteiger partial charge in [-0.05, 0) is 45.4 Å². The molecule has 4 rings (SSSR count). The van der Waals surface area contributed by atoms with E-state index in [2.05, 4.69) is 22.1 Å². The molecule has 11 heteroatoms. The van der Waals surface area contributed by atoms with Crippen molar-refractivity contribution in [3.8, 4) is 11.5 Å². The molecule has 4 heterocycles. The lowest BCUT2D eigenvalue weighted by molar-refractivity contribution is 0.0282. The number of amides is 2. The summed E-state index contributed by atoms with van der Waals surface area (Å²) in [6.45, 7) is 8.65. The van der Waals surface area contributed by atoms with Crippen LogP contribution in [0.25, 0.3) is 11.5 Å². The van der Waals surface area contributed by atoms with E-state index in [1.807, 2.05) is 16.7 Å². The Labute approximate surface area is 208 Å². The normalized spacial score (nSPS) is 13.2. The number of pyridine rings is 2. The predicted octanol–water partition coefficient (Wildman–Crippen LogP) is 4.33. The molecular formula is C24H28ClN7O3. The molecule has 0 unspecified atom stereocenters. The van der Waals surface area contributed by atoms with Crippen molar-refractivity contribution in [2.75, 3.05) is 11.9 Å². The molecule has 3 aromatic heterocycles. The molecule has 0 saturated heterocycles. The molecule has 0 fully saturated rings. The molecule has 184 valence electrons. The van der Waals surface area contributed by atoms with Crippen LogP contribution in [0.5, 0.6) is 0 Å². The molecule has 0 atom stereocenters. The summed E-state index contributed by atoms with van der Waals surface area (Å²) >= 11 is 6.25. The fourth-order valence-corrected chi connectivity index (χ4v) is 4.04. The maximum Gasteiger partial charge on any atom is 0.410 e. The molecule has 0 saturated carbocycles. The number of carbonyl (C=O) groups excluding carboxylic acids is 2. The van der Waals surface area contributed by atoms with Crippen LogP contribution in [-0.2, 0) is 24.4 Å². The second-order valence-corrected chi connectivity index (χ2v) is 9.76. The first-order valence-corrected chi connectivity index (χ1v) is 11.7. The van der Waals surface area contributed by atoms with E-state index in [1.54, 1.807) is 51.2 Å². The zero-order valence-electron chi connectivity index (χ0n) is 20.4. The van der Waals surface area contributed by atoms with E-state index >= 15 is 0 Å². The number of nitrogens with zero attached hydrogens (tertiary/aromatic N) is 7. The van der Waals surface area contributed by atoms with Crippen molar-refractivity contribution in [3.05, 3.63) is 52.6 Å². The van der Waals surface area contributed by atoms with E-state index in [9.17, 15) is 9.59 Å². The molecule has 35 heavy (non-hydrogen) atoms. The summed E-state index contributed by atoms with van der Waals surface area (Å²) in [5, 5.41) is 8.39. The van der Waals surface area contributed by atoms with Crippen molar-refractivity contribution in [2.45, 2.75) is 59.4 Å². The van der Waals surface area contributed by atoms with Crippen molar-refractivity contribution in [2.24, 2.45) is 0 Å². The number of anilines is 1. The van der Waals surface area contributed by atoms with Crippen molar-refractivity contribution in [3.63, 3.8) is 0 Å². The number of hydrogen-bond donors (Lipinski definition) is 0. The number of aryl methyl sites for hydroxylation is 1. The van der Waals surface area contributed by atoms with Gasteiger partial charge in [0.05, 0.1) is 18.8 Å². The van der Waals surface area contributed by atoms with Crippen LogP contribution in [0.3, 0.4) is 0 Å². The lowest BCUT2D eigenvalue weighted by Gasteiger charge is -2.25. The van der Waals surface area contributed by atoms with Gasteiger partial charge in [0.25, 0.3) is 5.91 Å². The monoisotopic (exact) mass is 497 g/mol. The first kappa shape index (κ1) is 24.6. The first-order valence-electron chi connectivity index (χ1n) is 11.4. The van der Waals surface area contributed by atoms with E-state index < -0.39 is 11.7 Å². The Hall–Kier alpha value is -3.53. The maximum atomic E-state index is 13.3. The molecule has 3 aromatic rings. The molecule has 0 bridgehead atoms. The van der Waals surface area contributed by atoms with Gasteiger partial charge < -0.3 is 14.2 Å². The summed E-state index contributed by atoms with van der Waals surface area (Å²) in [6, 6.07) is 7.00. The van der Waals surface area contributed by atoms with E-state index in [0.717, 1.165) is 13.0 Å². The number of halogens is 1. The van der Waals surface area contributed by atoms with E-state index in [1.165, 1.54) is 4.90 Å². The largest absolute Gasteiger partial charge is 0.444 e. The second-order valence-electron chi connectivity index (χ2n) is 9.37.